The van der Waals surface area contributed by atoms with Crippen molar-refractivity contribution in [3.05, 3.63) is 24.0 Å². The van der Waals surface area contributed by atoms with Crippen molar-refractivity contribution in [2.45, 2.75) is 18.6 Å². The number of carbonyl (C=O) groups is 1. The van der Waals surface area contributed by atoms with Crippen LogP contribution in [0.25, 0.3) is 0 Å². The molecule has 0 saturated carbocycles. The van der Waals surface area contributed by atoms with Gasteiger partial charge >= 0.3 is 6.18 Å². The quantitative estimate of drug-likeness (QED) is 0.791. The van der Waals surface area contributed by atoms with Crippen LogP contribution in [0.15, 0.2) is 18.3 Å². The summed E-state index contributed by atoms with van der Waals surface area (Å²) in [7, 11) is 0. The number of hydrogen-bond acceptors (Lipinski definition) is 5. The molecule has 0 radical (unpaired) electrons. The minimum Gasteiger partial charge on any atom is -0.482 e. The van der Waals surface area contributed by atoms with E-state index in [1.807, 2.05) is 0 Å². The molecule has 1 aromatic heterocycles. The first-order valence-electron chi connectivity index (χ1n) is 8.32. The van der Waals surface area contributed by atoms with Crippen LogP contribution < -0.4 is 10.1 Å². The molecule has 1 amide bonds. The molecule has 2 aliphatic heterocycles. The summed E-state index contributed by atoms with van der Waals surface area (Å²) in [6.07, 6.45) is -2.22. The Morgan fingerprint density at radius 2 is 1.96 bits per heavy atom. The lowest BCUT2D eigenvalue weighted by molar-refractivity contribution is -0.153. The fourth-order valence-electron chi connectivity index (χ4n) is 3.25. The first-order valence-corrected chi connectivity index (χ1v) is 8.32. The molecule has 0 spiro atoms. The minimum atomic E-state index is -4.46. The van der Waals surface area contributed by atoms with Gasteiger partial charge in [0.05, 0.1) is 0 Å². The van der Waals surface area contributed by atoms with E-state index in [2.05, 4.69) is 15.2 Å². The second-order valence-corrected chi connectivity index (χ2v) is 6.23. The SMILES string of the molecule is Cl.Cl.O=C(c1ncccc1OCC(F)(F)F)N1CCC(N2CCNCC2)C1. The number of piperazine rings is 1. The summed E-state index contributed by atoms with van der Waals surface area (Å²) in [6.45, 7) is 3.44. The monoisotopic (exact) mass is 430 g/mol. The highest BCUT2D eigenvalue weighted by Gasteiger charge is 2.34. The standard InChI is InChI=1S/C16H21F3N4O2.2ClH/c17-16(18,19)11-25-13-2-1-4-21-14(13)15(24)23-7-3-12(10-23)22-8-5-20-6-9-22;;/h1-2,4,12,20H,3,5-11H2;2*1H. The van der Waals surface area contributed by atoms with Crippen LogP contribution >= 0.6 is 24.8 Å². The molecule has 2 aliphatic rings. The van der Waals surface area contributed by atoms with Crippen molar-refractivity contribution in [1.29, 1.82) is 0 Å². The molecule has 1 N–H and O–H groups in total. The van der Waals surface area contributed by atoms with Crippen LogP contribution in [-0.2, 0) is 0 Å². The largest absolute Gasteiger partial charge is 0.482 e. The predicted molar refractivity (Wildman–Crippen MR) is 99.0 cm³/mol. The molecule has 27 heavy (non-hydrogen) atoms. The molecule has 3 rings (SSSR count). The first-order chi connectivity index (χ1) is 11.9. The number of likely N-dealkylation sites (tertiary alicyclic amines) is 1. The van der Waals surface area contributed by atoms with Crippen LogP contribution in [-0.4, -0.2) is 78.8 Å². The van der Waals surface area contributed by atoms with E-state index in [1.54, 1.807) is 4.90 Å². The lowest BCUT2D eigenvalue weighted by Crippen LogP contribution is -2.49. The number of aromatic nitrogens is 1. The lowest BCUT2D eigenvalue weighted by Gasteiger charge is -2.32. The van der Waals surface area contributed by atoms with E-state index in [4.69, 9.17) is 4.74 Å². The van der Waals surface area contributed by atoms with Crippen molar-refractivity contribution >= 4 is 30.7 Å². The molecule has 2 fully saturated rings. The third-order valence-corrected chi connectivity index (χ3v) is 4.48. The van der Waals surface area contributed by atoms with Crippen LogP contribution in [0.5, 0.6) is 5.75 Å². The van der Waals surface area contributed by atoms with Crippen molar-refractivity contribution < 1.29 is 22.7 Å². The Balaban J connectivity index is 0.00000182. The maximum Gasteiger partial charge on any atom is 0.422 e. The van der Waals surface area contributed by atoms with Gasteiger partial charge in [0.15, 0.2) is 18.1 Å². The average Bonchev–Trinajstić information content (AvgIpc) is 3.10. The molecule has 0 aromatic carbocycles. The van der Waals surface area contributed by atoms with E-state index >= 15 is 0 Å². The van der Waals surface area contributed by atoms with E-state index in [9.17, 15) is 18.0 Å². The van der Waals surface area contributed by atoms with Gasteiger partial charge in [-0.25, -0.2) is 4.98 Å². The van der Waals surface area contributed by atoms with Crippen molar-refractivity contribution in [3.8, 4) is 5.75 Å². The van der Waals surface area contributed by atoms with E-state index in [-0.39, 0.29) is 48.2 Å². The topological polar surface area (TPSA) is 57.7 Å². The van der Waals surface area contributed by atoms with Gasteiger partial charge in [0, 0.05) is 51.5 Å². The molecular weight excluding hydrogens is 408 g/mol. The predicted octanol–water partition coefficient (Wildman–Crippen LogP) is 1.99. The Morgan fingerprint density at radius 1 is 1.26 bits per heavy atom. The smallest absolute Gasteiger partial charge is 0.422 e. The summed E-state index contributed by atoms with van der Waals surface area (Å²) in [5.74, 6) is -0.508. The third kappa shape index (κ3) is 6.38. The van der Waals surface area contributed by atoms with Crippen LogP contribution in [0.1, 0.15) is 16.9 Å². The maximum atomic E-state index is 12.7. The molecule has 11 heteroatoms. The fourth-order valence-corrected chi connectivity index (χ4v) is 3.25. The Hall–Kier alpha value is -1.29. The number of nitrogens with zero attached hydrogens (tertiary/aromatic N) is 3. The Kier molecular flexibility index (Phi) is 9.07. The third-order valence-electron chi connectivity index (χ3n) is 4.48. The van der Waals surface area contributed by atoms with Gasteiger partial charge in [0.1, 0.15) is 0 Å². The molecule has 3 heterocycles. The Bertz CT molecular complexity index is 616. The fraction of sp³-hybridized carbons (Fsp3) is 0.625. The zero-order valence-corrected chi connectivity index (χ0v) is 16.2. The second-order valence-electron chi connectivity index (χ2n) is 6.23. The van der Waals surface area contributed by atoms with Gasteiger partial charge in [0.2, 0.25) is 0 Å². The van der Waals surface area contributed by atoms with Gasteiger partial charge in [-0.05, 0) is 18.6 Å². The minimum absolute atomic E-state index is 0. The molecule has 0 aliphatic carbocycles. The summed E-state index contributed by atoms with van der Waals surface area (Å²) < 4.78 is 41.9. The number of rotatable bonds is 4. The number of carbonyl (C=O) groups excluding carboxylic acids is 1. The van der Waals surface area contributed by atoms with E-state index in [1.165, 1.54) is 18.3 Å². The number of halogens is 5. The highest BCUT2D eigenvalue weighted by molar-refractivity contribution is 5.95. The molecule has 0 bridgehead atoms. The number of amides is 1. The Morgan fingerprint density at radius 3 is 2.63 bits per heavy atom. The van der Waals surface area contributed by atoms with Crippen LogP contribution in [0.3, 0.4) is 0 Å². The highest BCUT2D eigenvalue weighted by Crippen LogP contribution is 2.24. The van der Waals surface area contributed by atoms with Gasteiger partial charge in [0.25, 0.3) is 5.91 Å². The summed E-state index contributed by atoms with van der Waals surface area (Å²) in [5.41, 5.74) is -0.0623. The van der Waals surface area contributed by atoms with Crippen molar-refractivity contribution in [2.24, 2.45) is 0 Å². The summed E-state index contributed by atoms with van der Waals surface area (Å²) >= 11 is 0. The van der Waals surface area contributed by atoms with E-state index < -0.39 is 12.8 Å². The van der Waals surface area contributed by atoms with Crippen LogP contribution in [0.2, 0.25) is 0 Å². The van der Waals surface area contributed by atoms with Crippen molar-refractivity contribution in [2.75, 3.05) is 45.9 Å². The molecule has 154 valence electrons. The highest BCUT2D eigenvalue weighted by atomic mass is 35.5. The molecule has 6 nitrogen and oxygen atoms in total. The van der Waals surface area contributed by atoms with Crippen molar-refractivity contribution in [3.63, 3.8) is 0 Å². The summed E-state index contributed by atoms with van der Waals surface area (Å²) in [6, 6.07) is 3.08. The Labute approximate surface area is 168 Å². The first kappa shape index (κ1) is 23.7. The zero-order chi connectivity index (χ0) is 17.9. The van der Waals surface area contributed by atoms with E-state index in [0.717, 1.165) is 32.6 Å². The molecular formula is C16H23Cl2F3N4O2. The number of nitrogens with one attached hydrogen (secondary N) is 1. The maximum absolute atomic E-state index is 12.7. The van der Waals surface area contributed by atoms with Crippen LogP contribution in [0, 0.1) is 0 Å². The van der Waals surface area contributed by atoms with Gasteiger partial charge < -0.3 is 15.0 Å². The van der Waals surface area contributed by atoms with Gasteiger partial charge in [-0.1, -0.05) is 0 Å². The molecule has 1 unspecified atom stereocenters. The van der Waals surface area contributed by atoms with Gasteiger partial charge in [-0.3, -0.25) is 9.69 Å². The van der Waals surface area contributed by atoms with Gasteiger partial charge in [-0.2, -0.15) is 13.2 Å². The number of hydrogen-bond donors (Lipinski definition) is 1. The molecule has 2 saturated heterocycles. The van der Waals surface area contributed by atoms with Crippen LogP contribution in [0.4, 0.5) is 13.2 Å². The number of alkyl halides is 3. The molecule has 1 aromatic rings. The normalized spacial score (nSPS) is 20.6. The number of pyridine rings is 1. The number of ether oxygens (including phenoxy) is 1. The zero-order valence-electron chi connectivity index (χ0n) is 14.6. The average molecular weight is 431 g/mol. The second kappa shape index (κ2) is 10.3. The molecule has 1 atom stereocenters. The van der Waals surface area contributed by atoms with Crippen molar-refractivity contribution in [1.82, 2.24) is 20.1 Å². The lowest BCUT2D eigenvalue weighted by atomic mass is 10.2. The van der Waals surface area contributed by atoms with E-state index in [0.29, 0.717) is 13.1 Å². The summed E-state index contributed by atoms with van der Waals surface area (Å²) in [5, 5.41) is 3.29. The van der Waals surface area contributed by atoms with Gasteiger partial charge in [-0.15, -0.1) is 24.8 Å². The summed E-state index contributed by atoms with van der Waals surface area (Å²) in [4.78, 5) is 20.6.